The Morgan fingerprint density at radius 1 is 1.11 bits per heavy atom. The molecule has 2 atom stereocenters. The topological polar surface area (TPSA) is 119 Å². The second-order valence-corrected chi connectivity index (χ2v) is 8.26. The lowest BCUT2D eigenvalue weighted by Gasteiger charge is -2.24. The summed E-state index contributed by atoms with van der Waals surface area (Å²) in [5.41, 5.74) is 1.01. The van der Waals surface area contributed by atoms with E-state index in [-0.39, 0.29) is 28.1 Å². The zero-order chi connectivity index (χ0) is 25.1. The molecule has 0 saturated carbocycles. The lowest BCUT2D eigenvalue weighted by molar-refractivity contribution is 0.0940. The van der Waals surface area contributed by atoms with Crippen molar-refractivity contribution in [2.45, 2.75) is 13.0 Å². The number of hydrogen-bond donors (Lipinski definition) is 2. The molecule has 0 fully saturated rings. The predicted molar refractivity (Wildman–Crippen MR) is 126 cm³/mol. The van der Waals surface area contributed by atoms with Gasteiger partial charge in [0.2, 0.25) is 0 Å². The molecule has 176 valence electrons. The first kappa shape index (κ1) is 23.9. The SMILES string of the molecule is CC(NC(=O)c1ccc(C#N)cc1N(c1cccc2nccnc12)S(=O)O)c1ccc(F)cc1F. The molecule has 0 saturated heterocycles. The number of para-hydroxylation sites is 1. The molecule has 4 aromatic rings. The number of nitriles is 1. The second-order valence-electron chi connectivity index (χ2n) is 7.43. The molecule has 1 amide bonds. The van der Waals surface area contributed by atoms with Crippen molar-refractivity contribution in [2.24, 2.45) is 0 Å². The second kappa shape index (κ2) is 9.92. The number of benzene rings is 3. The summed E-state index contributed by atoms with van der Waals surface area (Å²) in [5.74, 6) is -2.29. The minimum Gasteiger partial charge on any atom is -0.345 e. The van der Waals surface area contributed by atoms with Gasteiger partial charge in [0.1, 0.15) is 17.2 Å². The Kier molecular flexibility index (Phi) is 6.77. The first-order chi connectivity index (χ1) is 16.8. The smallest absolute Gasteiger partial charge is 0.266 e. The van der Waals surface area contributed by atoms with Gasteiger partial charge in [0, 0.05) is 24.0 Å². The first-order valence-electron chi connectivity index (χ1n) is 10.2. The van der Waals surface area contributed by atoms with Gasteiger partial charge in [-0.05, 0) is 43.3 Å². The number of anilines is 2. The minimum absolute atomic E-state index is 0.0488. The third kappa shape index (κ3) is 4.84. The molecular weight excluding hydrogens is 476 g/mol. The summed E-state index contributed by atoms with van der Waals surface area (Å²) in [4.78, 5) is 21.7. The lowest BCUT2D eigenvalue weighted by atomic mass is 10.0. The van der Waals surface area contributed by atoms with E-state index in [1.807, 2.05) is 6.07 Å². The third-order valence-corrected chi connectivity index (χ3v) is 5.92. The molecule has 1 heterocycles. The standard InChI is InChI=1S/C24H17F2N5O3S/c1-14(17-8-6-16(25)12-19(17)26)30-24(32)18-7-5-15(13-27)11-22(18)31(35(33)34)21-4-2-3-20-23(21)29-10-9-28-20/h2-12,14H,1H3,(H,30,32)(H,33,34). The molecule has 1 aromatic heterocycles. The maximum atomic E-state index is 14.2. The van der Waals surface area contributed by atoms with Gasteiger partial charge >= 0.3 is 0 Å². The van der Waals surface area contributed by atoms with Gasteiger partial charge in [-0.3, -0.25) is 19.3 Å². The van der Waals surface area contributed by atoms with Gasteiger partial charge in [-0.15, -0.1) is 0 Å². The highest BCUT2D eigenvalue weighted by atomic mass is 32.2. The lowest BCUT2D eigenvalue weighted by Crippen LogP contribution is -2.30. The summed E-state index contributed by atoms with van der Waals surface area (Å²) in [6.45, 7) is 1.51. The highest BCUT2D eigenvalue weighted by molar-refractivity contribution is 7.81. The number of amides is 1. The molecule has 8 nitrogen and oxygen atoms in total. The molecule has 0 aliphatic carbocycles. The van der Waals surface area contributed by atoms with Gasteiger partial charge in [-0.1, -0.05) is 12.1 Å². The first-order valence-corrected chi connectivity index (χ1v) is 11.3. The van der Waals surface area contributed by atoms with Gasteiger partial charge in [0.25, 0.3) is 17.2 Å². The molecule has 0 aliphatic rings. The van der Waals surface area contributed by atoms with Crippen molar-refractivity contribution in [2.75, 3.05) is 4.31 Å². The van der Waals surface area contributed by atoms with Crippen LogP contribution in [0.2, 0.25) is 0 Å². The summed E-state index contributed by atoms with van der Waals surface area (Å²) >= 11 is -2.68. The van der Waals surface area contributed by atoms with Gasteiger partial charge in [0.15, 0.2) is 0 Å². The minimum atomic E-state index is -2.68. The van der Waals surface area contributed by atoms with Crippen LogP contribution in [0.5, 0.6) is 0 Å². The molecule has 4 rings (SSSR count). The molecule has 2 unspecified atom stereocenters. The molecule has 0 radical (unpaired) electrons. The van der Waals surface area contributed by atoms with Crippen LogP contribution in [-0.4, -0.2) is 24.6 Å². The van der Waals surface area contributed by atoms with Crippen LogP contribution in [-0.2, 0) is 11.3 Å². The van der Waals surface area contributed by atoms with Crippen LogP contribution in [0.3, 0.4) is 0 Å². The highest BCUT2D eigenvalue weighted by Crippen LogP contribution is 2.35. The molecule has 0 aliphatic heterocycles. The number of carbonyl (C=O) groups is 1. The van der Waals surface area contributed by atoms with E-state index >= 15 is 0 Å². The summed E-state index contributed by atoms with van der Waals surface area (Å²) in [5, 5.41) is 12.0. The zero-order valence-electron chi connectivity index (χ0n) is 18.1. The van der Waals surface area contributed by atoms with Crippen LogP contribution in [0.4, 0.5) is 20.2 Å². The quantitative estimate of drug-likeness (QED) is 0.381. The fraction of sp³-hybridized carbons (Fsp3) is 0.0833. The number of aromatic nitrogens is 2. The van der Waals surface area contributed by atoms with Crippen molar-refractivity contribution < 1.29 is 22.3 Å². The maximum absolute atomic E-state index is 14.2. The molecule has 2 N–H and O–H groups in total. The summed E-state index contributed by atoms with van der Waals surface area (Å²) in [7, 11) is 0. The molecule has 0 spiro atoms. The fourth-order valence-electron chi connectivity index (χ4n) is 3.61. The van der Waals surface area contributed by atoms with Gasteiger partial charge < -0.3 is 5.32 Å². The van der Waals surface area contributed by atoms with Crippen molar-refractivity contribution in [1.29, 1.82) is 5.26 Å². The number of nitrogens with one attached hydrogen (secondary N) is 1. The Morgan fingerprint density at radius 3 is 2.60 bits per heavy atom. The normalized spacial score (nSPS) is 12.5. The van der Waals surface area contributed by atoms with Crippen molar-refractivity contribution >= 4 is 39.6 Å². The molecular formula is C24H17F2N5O3S. The van der Waals surface area contributed by atoms with E-state index < -0.39 is 34.8 Å². The van der Waals surface area contributed by atoms with Crippen molar-refractivity contribution in [3.05, 3.63) is 95.3 Å². The number of fused-ring (bicyclic) bond motifs is 1. The third-order valence-electron chi connectivity index (χ3n) is 5.22. The Hall–Kier alpha value is -4.27. The van der Waals surface area contributed by atoms with E-state index in [9.17, 15) is 27.6 Å². The van der Waals surface area contributed by atoms with Crippen LogP contribution < -0.4 is 9.62 Å². The predicted octanol–water partition coefficient (Wildman–Crippen LogP) is 4.55. The van der Waals surface area contributed by atoms with Crippen molar-refractivity contribution in [1.82, 2.24) is 15.3 Å². The Labute approximate surface area is 201 Å². The van der Waals surface area contributed by atoms with Crippen molar-refractivity contribution in [3.8, 4) is 6.07 Å². The average molecular weight is 493 g/mol. The Balaban J connectivity index is 1.80. The number of carbonyl (C=O) groups excluding carboxylic acids is 1. The summed E-state index contributed by atoms with van der Waals surface area (Å²) in [6, 6.07) is 12.9. The number of nitrogens with zero attached hydrogens (tertiary/aromatic N) is 4. The van der Waals surface area contributed by atoms with Crippen LogP contribution >= 0.6 is 0 Å². The van der Waals surface area contributed by atoms with Crippen LogP contribution in [0.15, 0.2) is 67.0 Å². The highest BCUT2D eigenvalue weighted by Gasteiger charge is 2.26. The number of halogens is 2. The monoisotopic (exact) mass is 493 g/mol. The largest absolute Gasteiger partial charge is 0.345 e. The Bertz CT molecular complexity index is 1500. The van der Waals surface area contributed by atoms with Crippen LogP contribution in [0.25, 0.3) is 11.0 Å². The number of hydrogen-bond acceptors (Lipinski definition) is 5. The summed E-state index contributed by atoms with van der Waals surface area (Å²) < 4.78 is 51.2. The average Bonchev–Trinajstić information content (AvgIpc) is 2.84. The van der Waals surface area contributed by atoms with E-state index in [0.717, 1.165) is 10.4 Å². The number of rotatable bonds is 6. The van der Waals surface area contributed by atoms with E-state index in [1.165, 1.54) is 49.6 Å². The fourth-order valence-corrected chi connectivity index (χ4v) is 4.24. The van der Waals surface area contributed by atoms with Gasteiger partial charge in [0.05, 0.1) is 40.1 Å². The molecule has 35 heavy (non-hydrogen) atoms. The van der Waals surface area contributed by atoms with E-state index in [1.54, 1.807) is 12.1 Å². The molecule has 11 heteroatoms. The molecule has 0 bridgehead atoms. The maximum Gasteiger partial charge on any atom is 0.266 e. The van der Waals surface area contributed by atoms with E-state index in [0.29, 0.717) is 17.1 Å². The Morgan fingerprint density at radius 2 is 1.89 bits per heavy atom. The molecule has 3 aromatic carbocycles. The summed E-state index contributed by atoms with van der Waals surface area (Å²) in [6.07, 6.45) is 2.89. The van der Waals surface area contributed by atoms with E-state index in [4.69, 9.17) is 0 Å². The zero-order valence-corrected chi connectivity index (χ0v) is 19.0. The van der Waals surface area contributed by atoms with Crippen LogP contribution in [0.1, 0.15) is 34.5 Å². The van der Waals surface area contributed by atoms with Crippen molar-refractivity contribution in [3.63, 3.8) is 0 Å². The van der Waals surface area contributed by atoms with Gasteiger partial charge in [-0.2, -0.15) is 5.26 Å². The van der Waals surface area contributed by atoms with Crippen LogP contribution in [0, 0.1) is 23.0 Å². The van der Waals surface area contributed by atoms with Gasteiger partial charge in [-0.25, -0.2) is 17.3 Å². The van der Waals surface area contributed by atoms with E-state index in [2.05, 4.69) is 15.3 Å².